The molecule has 3 aromatic rings. The summed E-state index contributed by atoms with van der Waals surface area (Å²) in [5.74, 6) is -2.18. The molecule has 1 aromatic heterocycles. The number of aromatic carboxylic acids is 1. The van der Waals surface area contributed by atoms with Gasteiger partial charge in [0.2, 0.25) is 0 Å². The van der Waals surface area contributed by atoms with Gasteiger partial charge in [0.1, 0.15) is 5.57 Å². The summed E-state index contributed by atoms with van der Waals surface area (Å²) in [5.41, 5.74) is 4.10. The van der Waals surface area contributed by atoms with Crippen molar-refractivity contribution in [1.82, 2.24) is 9.88 Å². The van der Waals surface area contributed by atoms with Crippen LogP contribution in [-0.4, -0.2) is 32.6 Å². The van der Waals surface area contributed by atoms with Crippen LogP contribution in [0.4, 0.5) is 5.69 Å². The van der Waals surface area contributed by atoms with Crippen molar-refractivity contribution in [2.75, 3.05) is 4.90 Å². The Kier molecular flexibility index (Phi) is 6.12. The van der Waals surface area contributed by atoms with Crippen molar-refractivity contribution in [2.45, 2.75) is 20.8 Å². The predicted molar refractivity (Wildman–Crippen MR) is 135 cm³/mol. The summed E-state index contributed by atoms with van der Waals surface area (Å²) in [4.78, 5) is 38.8. The Balaban J connectivity index is 1.79. The van der Waals surface area contributed by atoms with Gasteiger partial charge < -0.3 is 9.67 Å². The topological polar surface area (TPSA) is 91.6 Å². The summed E-state index contributed by atoms with van der Waals surface area (Å²) < 4.78 is 1.87. The highest BCUT2D eigenvalue weighted by atomic mass is 35.5. The van der Waals surface area contributed by atoms with Crippen LogP contribution in [0.3, 0.4) is 0 Å². The monoisotopic (exact) mass is 493 g/mol. The van der Waals surface area contributed by atoms with Gasteiger partial charge in [-0.3, -0.25) is 19.8 Å². The molecule has 1 aliphatic rings. The largest absolute Gasteiger partial charge is 0.478 e. The first kappa shape index (κ1) is 23.4. The number of carbonyl (C=O) groups excluding carboxylic acids is 2. The molecule has 0 radical (unpaired) electrons. The summed E-state index contributed by atoms with van der Waals surface area (Å²) in [6.45, 7) is 5.47. The molecular formula is C25H20ClN3O4S. The molecule has 0 bridgehead atoms. The number of carboxylic acid groups (broad SMARTS) is 1. The molecule has 1 aliphatic heterocycles. The maximum atomic E-state index is 13.4. The van der Waals surface area contributed by atoms with Gasteiger partial charge in [-0.2, -0.15) is 0 Å². The number of amides is 2. The number of nitrogens with zero attached hydrogens (tertiary/aromatic N) is 2. The Hall–Kier alpha value is -3.75. The SMILES string of the molecule is Cc1c(Cl)cccc1N1C(=O)/C(=C/c2cc(C)n(-c3cccc(C(=O)O)c3)c2C)C(=O)NC1=S. The Labute approximate surface area is 206 Å². The van der Waals surface area contributed by atoms with E-state index in [4.69, 9.17) is 23.8 Å². The number of carboxylic acids is 1. The number of aromatic nitrogens is 1. The fourth-order valence-electron chi connectivity index (χ4n) is 3.98. The van der Waals surface area contributed by atoms with Crippen molar-refractivity contribution in [3.8, 4) is 5.69 Å². The maximum Gasteiger partial charge on any atom is 0.335 e. The molecule has 34 heavy (non-hydrogen) atoms. The normalized spacial score (nSPS) is 15.1. The van der Waals surface area contributed by atoms with Gasteiger partial charge in [0.15, 0.2) is 5.11 Å². The predicted octanol–water partition coefficient (Wildman–Crippen LogP) is 4.59. The quantitative estimate of drug-likeness (QED) is 0.315. The minimum Gasteiger partial charge on any atom is -0.478 e. The molecule has 0 unspecified atom stereocenters. The average Bonchev–Trinajstić information content (AvgIpc) is 3.06. The summed E-state index contributed by atoms with van der Waals surface area (Å²) in [6.07, 6.45) is 1.52. The summed E-state index contributed by atoms with van der Waals surface area (Å²) in [7, 11) is 0. The molecule has 9 heteroatoms. The van der Waals surface area contributed by atoms with Crippen LogP contribution in [0.5, 0.6) is 0 Å². The van der Waals surface area contributed by atoms with Crippen LogP contribution in [0.2, 0.25) is 5.02 Å². The van der Waals surface area contributed by atoms with E-state index in [1.807, 2.05) is 24.5 Å². The van der Waals surface area contributed by atoms with Crippen LogP contribution in [0.1, 0.15) is 32.9 Å². The molecule has 1 fully saturated rings. The number of benzene rings is 2. The Bertz CT molecular complexity index is 1420. The molecule has 2 heterocycles. The molecular weight excluding hydrogens is 474 g/mol. The number of halogens is 1. The molecule has 172 valence electrons. The number of anilines is 1. The minimum atomic E-state index is -1.02. The number of rotatable bonds is 4. The lowest BCUT2D eigenvalue weighted by Crippen LogP contribution is -2.54. The van der Waals surface area contributed by atoms with Crippen molar-refractivity contribution in [3.63, 3.8) is 0 Å². The first-order chi connectivity index (χ1) is 16.1. The van der Waals surface area contributed by atoms with Crippen molar-refractivity contribution in [1.29, 1.82) is 0 Å². The van der Waals surface area contributed by atoms with E-state index < -0.39 is 17.8 Å². The second kappa shape index (κ2) is 8.89. The second-order valence-electron chi connectivity index (χ2n) is 7.86. The number of hydrogen-bond acceptors (Lipinski definition) is 4. The van der Waals surface area contributed by atoms with Gasteiger partial charge in [-0.15, -0.1) is 0 Å². The van der Waals surface area contributed by atoms with E-state index in [2.05, 4.69) is 5.32 Å². The van der Waals surface area contributed by atoms with Crippen molar-refractivity contribution >= 4 is 58.5 Å². The van der Waals surface area contributed by atoms with Gasteiger partial charge in [-0.1, -0.05) is 23.7 Å². The van der Waals surface area contributed by atoms with Crippen LogP contribution in [0, 0.1) is 20.8 Å². The lowest BCUT2D eigenvalue weighted by Gasteiger charge is -2.30. The van der Waals surface area contributed by atoms with Gasteiger partial charge in [-0.05, 0) is 86.6 Å². The lowest BCUT2D eigenvalue weighted by molar-refractivity contribution is -0.122. The van der Waals surface area contributed by atoms with Gasteiger partial charge in [0.05, 0.1) is 11.3 Å². The maximum absolute atomic E-state index is 13.4. The first-order valence-corrected chi connectivity index (χ1v) is 11.1. The summed E-state index contributed by atoms with van der Waals surface area (Å²) in [5, 5.41) is 12.4. The minimum absolute atomic E-state index is 0.0199. The zero-order chi connectivity index (χ0) is 24.7. The molecule has 0 atom stereocenters. The molecule has 2 aromatic carbocycles. The third-order valence-electron chi connectivity index (χ3n) is 5.70. The van der Waals surface area contributed by atoms with E-state index in [0.717, 1.165) is 11.4 Å². The van der Waals surface area contributed by atoms with Crippen LogP contribution in [0.15, 0.2) is 54.1 Å². The van der Waals surface area contributed by atoms with Crippen molar-refractivity contribution < 1.29 is 19.5 Å². The van der Waals surface area contributed by atoms with Gasteiger partial charge in [-0.25, -0.2) is 4.79 Å². The van der Waals surface area contributed by atoms with Crippen LogP contribution in [-0.2, 0) is 9.59 Å². The Morgan fingerprint density at radius 1 is 1.09 bits per heavy atom. The average molecular weight is 494 g/mol. The van der Waals surface area contributed by atoms with Crippen LogP contribution >= 0.6 is 23.8 Å². The van der Waals surface area contributed by atoms with E-state index in [1.165, 1.54) is 17.0 Å². The van der Waals surface area contributed by atoms with E-state index in [0.29, 0.717) is 27.5 Å². The molecule has 2 N–H and O–H groups in total. The fraction of sp³-hybridized carbons (Fsp3) is 0.120. The van der Waals surface area contributed by atoms with E-state index in [1.54, 1.807) is 43.3 Å². The molecule has 2 amide bonds. The zero-order valence-electron chi connectivity index (χ0n) is 18.5. The number of hydrogen-bond donors (Lipinski definition) is 2. The van der Waals surface area contributed by atoms with Crippen LogP contribution < -0.4 is 10.2 Å². The highest BCUT2D eigenvalue weighted by molar-refractivity contribution is 7.80. The third kappa shape index (κ3) is 4.02. The molecule has 0 saturated carbocycles. The molecule has 1 saturated heterocycles. The number of nitrogens with one attached hydrogen (secondary N) is 1. The second-order valence-corrected chi connectivity index (χ2v) is 8.65. The molecule has 0 spiro atoms. The van der Waals surface area contributed by atoms with E-state index >= 15 is 0 Å². The number of aryl methyl sites for hydroxylation is 1. The van der Waals surface area contributed by atoms with E-state index in [-0.39, 0.29) is 16.2 Å². The lowest BCUT2D eigenvalue weighted by atomic mass is 10.1. The van der Waals surface area contributed by atoms with E-state index in [9.17, 15) is 19.5 Å². The fourth-order valence-corrected chi connectivity index (χ4v) is 4.42. The molecule has 4 rings (SSSR count). The van der Waals surface area contributed by atoms with Crippen molar-refractivity contribution in [3.05, 3.63) is 87.2 Å². The molecule has 7 nitrogen and oxygen atoms in total. The Morgan fingerprint density at radius 3 is 2.50 bits per heavy atom. The van der Waals surface area contributed by atoms with Crippen molar-refractivity contribution in [2.24, 2.45) is 0 Å². The summed E-state index contributed by atoms with van der Waals surface area (Å²) >= 11 is 11.5. The van der Waals surface area contributed by atoms with Gasteiger partial charge in [0.25, 0.3) is 11.8 Å². The van der Waals surface area contributed by atoms with Crippen LogP contribution in [0.25, 0.3) is 11.8 Å². The highest BCUT2D eigenvalue weighted by Crippen LogP contribution is 2.30. The number of thiocarbonyl (C=S) groups is 1. The number of carbonyl (C=O) groups is 3. The highest BCUT2D eigenvalue weighted by Gasteiger charge is 2.35. The third-order valence-corrected chi connectivity index (χ3v) is 6.40. The molecule has 0 aliphatic carbocycles. The summed E-state index contributed by atoms with van der Waals surface area (Å²) in [6, 6.07) is 13.5. The first-order valence-electron chi connectivity index (χ1n) is 10.3. The standard InChI is InChI=1S/C25H20ClN3O4S/c1-13-10-17(15(3)28(13)18-7-4-6-16(11-18)24(32)33)12-19-22(30)27-25(34)29(23(19)31)21-9-5-8-20(26)14(21)2/h4-12H,1-3H3,(H,32,33)(H,27,30,34)/b19-12+. The van der Waals surface area contributed by atoms with Gasteiger partial charge in [0, 0.05) is 22.1 Å². The Morgan fingerprint density at radius 2 is 1.79 bits per heavy atom. The van der Waals surface area contributed by atoms with Gasteiger partial charge >= 0.3 is 5.97 Å². The zero-order valence-corrected chi connectivity index (χ0v) is 20.1. The smallest absolute Gasteiger partial charge is 0.335 e.